The van der Waals surface area contributed by atoms with Gasteiger partial charge in [0.05, 0.1) is 24.3 Å². The molecule has 0 aliphatic heterocycles. The Morgan fingerprint density at radius 1 is 1.11 bits per heavy atom. The maximum absolute atomic E-state index is 4.67. The van der Waals surface area contributed by atoms with Crippen LogP contribution in [0.4, 0.5) is 5.95 Å². The van der Waals surface area contributed by atoms with E-state index in [0.29, 0.717) is 5.95 Å². The van der Waals surface area contributed by atoms with Gasteiger partial charge in [-0.1, -0.05) is 30.3 Å². The Kier molecular flexibility index (Phi) is 4.91. The third kappa shape index (κ3) is 4.20. The number of anilines is 1. The number of hydrogen-bond acceptors (Lipinski definition) is 5. The molecule has 0 bridgehead atoms. The SMILES string of the molecule is Cn1cc(-c2ccnc(N[C@@H](CCn3ccnc3)c3ccccc3)n2)cn1. The lowest BCUT2D eigenvalue weighted by molar-refractivity contribution is 0.581. The number of rotatable bonds is 7. The molecule has 4 rings (SSSR count). The van der Waals surface area contributed by atoms with E-state index in [9.17, 15) is 0 Å². The maximum atomic E-state index is 4.67. The Labute approximate surface area is 157 Å². The number of nitrogens with zero attached hydrogens (tertiary/aromatic N) is 6. The Morgan fingerprint density at radius 3 is 2.74 bits per heavy atom. The summed E-state index contributed by atoms with van der Waals surface area (Å²) in [5.41, 5.74) is 3.02. The molecule has 3 heterocycles. The van der Waals surface area contributed by atoms with Gasteiger partial charge in [-0.3, -0.25) is 4.68 Å². The van der Waals surface area contributed by atoms with Gasteiger partial charge in [-0.2, -0.15) is 5.10 Å². The highest BCUT2D eigenvalue weighted by Gasteiger charge is 2.14. The molecular formula is C20H21N7. The molecule has 0 saturated carbocycles. The lowest BCUT2D eigenvalue weighted by atomic mass is 10.0. The minimum atomic E-state index is 0.0951. The Bertz CT molecular complexity index is 977. The van der Waals surface area contributed by atoms with Crippen molar-refractivity contribution in [3.63, 3.8) is 0 Å². The summed E-state index contributed by atoms with van der Waals surface area (Å²) in [6.07, 6.45) is 12.0. The lowest BCUT2D eigenvalue weighted by Crippen LogP contribution is -2.15. The molecule has 0 saturated heterocycles. The highest BCUT2D eigenvalue weighted by atomic mass is 15.2. The summed E-state index contributed by atoms with van der Waals surface area (Å²) in [6.45, 7) is 0.856. The van der Waals surface area contributed by atoms with E-state index in [1.54, 1.807) is 23.3 Å². The zero-order valence-electron chi connectivity index (χ0n) is 15.1. The summed E-state index contributed by atoms with van der Waals surface area (Å²) in [7, 11) is 1.89. The third-order valence-electron chi connectivity index (χ3n) is 4.40. The maximum Gasteiger partial charge on any atom is 0.223 e. The van der Waals surface area contributed by atoms with E-state index in [4.69, 9.17) is 0 Å². The molecule has 3 aromatic heterocycles. The second kappa shape index (κ2) is 7.82. The third-order valence-corrected chi connectivity index (χ3v) is 4.40. The van der Waals surface area contributed by atoms with E-state index in [1.165, 1.54) is 5.56 Å². The minimum absolute atomic E-state index is 0.0951. The van der Waals surface area contributed by atoms with Gasteiger partial charge < -0.3 is 9.88 Å². The van der Waals surface area contributed by atoms with Gasteiger partial charge in [0.2, 0.25) is 5.95 Å². The largest absolute Gasteiger partial charge is 0.347 e. The van der Waals surface area contributed by atoms with E-state index in [2.05, 4.69) is 42.1 Å². The molecule has 27 heavy (non-hydrogen) atoms. The van der Waals surface area contributed by atoms with E-state index in [0.717, 1.165) is 24.2 Å². The van der Waals surface area contributed by atoms with Crippen molar-refractivity contribution in [2.75, 3.05) is 5.32 Å². The second-order valence-corrected chi connectivity index (χ2v) is 6.36. The second-order valence-electron chi connectivity index (χ2n) is 6.36. The first kappa shape index (κ1) is 17.0. The van der Waals surface area contributed by atoms with Crippen LogP contribution in [-0.2, 0) is 13.6 Å². The zero-order chi connectivity index (χ0) is 18.5. The van der Waals surface area contributed by atoms with Crippen LogP contribution >= 0.6 is 0 Å². The van der Waals surface area contributed by atoms with Crippen molar-refractivity contribution < 1.29 is 0 Å². The monoisotopic (exact) mass is 359 g/mol. The van der Waals surface area contributed by atoms with Crippen LogP contribution in [0, 0.1) is 0 Å². The van der Waals surface area contributed by atoms with Crippen LogP contribution in [0.1, 0.15) is 18.0 Å². The van der Waals surface area contributed by atoms with Crippen molar-refractivity contribution >= 4 is 5.95 Å². The van der Waals surface area contributed by atoms with Crippen molar-refractivity contribution in [1.82, 2.24) is 29.3 Å². The number of aromatic nitrogens is 6. The standard InChI is InChI=1S/C20H21N7/c1-26-14-17(13-23-26)18-7-9-22-20(24-18)25-19(16-5-3-2-4-6-16)8-11-27-12-10-21-15-27/h2-7,9-10,12-15,19H,8,11H2,1H3,(H,22,24,25)/t19-/m0/s1. The fraction of sp³-hybridized carbons (Fsp3) is 0.200. The van der Waals surface area contributed by atoms with Gasteiger partial charge in [0, 0.05) is 43.9 Å². The number of nitrogens with one attached hydrogen (secondary N) is 1. The number of aryl methyl sites for hydroxylation is 2. The summed E-state index contributed by atoms with van der Waals surface area (Å²) in [5, 5.41) is 7.71. The average molecular weight is 359 g/mol. The van der Waals surface area contributed by atoms with Gasteiger partial charge >= 0.3 is 0 Å². The lowest BCUT2D eigenvalue weighted by Gasteiger charge is -2.19. The van der Waals surface area contributed by atoms with Gasteiger partial charge in [-0.15, -0.1) is 0 Å². The number of hydrogen-bond donors (Lipinski definition) is 1. The van der Waals surface area contributed by atoms with E-state index in [-0.39, 0.29) is 6.04 Å². The van der Waals surface area contributed by atoms with Gasteiger partial charge in [-0.25, -0.2) is 15.0 Å². The molecule has 0 unspecified atom stereocenters. The number of imidazole rings is 1. The first-order chi connectivity index (χ1) is 13.3. The van der Waals surface area contributed by atoms with Gasteiger partial charge in [-0.05, 0) is 18.1 Å². The van der Waals surface area contributed by atoms with Crippen LogP contribution in [0.5, 0.6) is 0 Å². The molecular weight excluding hydrogens is 338 g/mol. The summed E-state index contributed by atoms with van der Waals surface area (Å²) in [5.74, 6) is 0.607. The topological polar surface area (TPSA) is 73.5 Å². The molecule has 1 atom stereocenters. The fourth-order valence-electron chi connectivity index (χ4n) is 3.00. The molecule has 4 aromatic rings. The van der Waals surface area contributed by atoms with Gasteiger partial charge in [0.25, 0.3) is 0 Å². The Morgan fingerprint density at radius 2 is 2.00 bits per heavy atom. The van der Waals surface area contributed by atoms with Gasteiger partial charge in [0.15, 0.2) is 0 Å². The van der Waals surface area contributed by atoms with Crippen LogP contribution in [0.15, 0.2) is 73.7 Å². The van der Waals surface area contributed by atoms with E-state index < -0.39 is 0 Å². The van der Waals surface area contributed by atoms with Crippen molar-refractivity contribution in [2.45, 2.75) is 19.0 Å². The predicted molar refractivity (Wildman–Crippen MR) is 104 cm³/mol. The first-order valence-corrected chi connectivity index (χ1v) is 8.87. The molecule has 1 aromatic carbocycles. The normalized spacial score (nSPS) is 12.0. The molecule has 0 radical (unpaired) electrons. The summed E-state index contributed by atoms with van der Waals surface area (Å²) >= 11 is 0. The number of benzene rings is 1. The van der Waals surface area contributed by atoms with Crippen LogP contribution in [0.25, 0.3) is 11.3 Å². The summed E-state index contributed by atoms with van der Waals surface area (Å²) in [4.78, 5) is 13.2. The highest BCUT2D eigenvalue weighted by molar-refractivity contribution is 5.58. The predicted octanol–water partition coefficient (Wildman–Crippen LogP) is 3.32. The molecule has 7 nitrogen and oxygen atoms in total. The van der Waals surface area contributed by atoms with Crippen molar-refractivity contribution in [1.29, 1.82) is 0 Å². The van der Waals surface area contributed by atoms with Crippen molar-refractivity contribution in [3.05, 3.63) is 79.3 Å². The van der Waals surface area contributed by atoms with Crippen LogP contribution < -0.4 is 5.32 Å². The minimum Gasteiger partial charge on any atom is -0.347 e. The summed E-state index contributed by atoms with van der Waals surface area (Å²) in [6, 6.07) is 12.4. The Hall–Kier alpha value is -3.48. The molecule has 0 aliphatic rings. The molecule has 0 amide bonds. The quantitative estimate of drug-likeness (QED) is 0.548. The highest BCUT2D eigenvalue weighted by Crippen LogP contribution is 2.23. The van der Waals surface area contributed by atoms with Crippen LogP contribution in [0.2, 0.25) is 0 Å². The fourth-order valence-corrected chi connectivity index (χ4v) is 3.00. The molecule has 0 aliphatic carbocycles. The molecule has 136 valence electrons. The van der Waals surface area contributed by atoms with Crippen LogP contribution in [0.3, 0.4) is 0 Å². The van der Waals surface area contributed by atoms with E-state index >= 15 is 0 Å². The molecule has 7 heteroatoms. The zero-order valence-corrected chi connectivity index (χ0v) is 15.1. The molecule has 0 spiro atoms. The smallest absolute Gasteiger partial charge is 0.223 e. The van der Waals surface area contributed by atoms with Gasteiger partial charge in [0.1, 0.15) is 0 Å². The van der Waals surface area contributed by atoms with Crippen molar-refractivity contribution in [2.24, 2.45) is 7.05 Å². The summed E-state index contributed by atoms with van der Waals surface area (Å²) < 4.78 is 3.84. The first-order valence-electron chi connectivity index (χ1n) is 8.87. The van der Waals surface area contributed by atoms with Crippen molar-refractivity contribution in [3.8, 4) is 11.3 Å². The van der Waals surface area contributed by atoms with E-state index in [1.807, 2.05) is 50.0 Å². The molecule has 0 fully saturated rings. The molecule has 1 N–H and O–H groups in total. The average Bonchev–Trinajstić information content (AvgIpc) is 3.38. The Balaban J connectivity index is 1.55. The van der Waals surface area contributed by atoms with Crippen LogP contribution in [-0.4, -0.2) is 29.3 Å².